The number of likely N-dealkylation sites (tertiary alicyclic amines) is 2. The van der Waals surface area contributed by atoms with Gasteiger partial charge in [0.05, 0.1) is 33.9 Å². The van der Waals surface area contributed by atoms with Crippen molar-refractivity contribution in [3.8, 4) is 33.5 Å². The van der Waals surface area contributed by atoms with Gasteiger partial charge in [-0.3, -0.25) is 24.4 Å². The number of aryl methyl sites for hydroxylation is 2. The van der Waals surface area contributed by atoms with E-state index < -0.39 is 17.5 Å². The van der Waals surface area contributed by atoms with Gasteiger partial charge in [0.2, 0.25) is 11.8 Å². The first kappa shape index (κ1) is 57.9. The van der Waals surface area contributed by atoms with Gasteiger partial charge in [0.1, 0.15) is 46.9 Å². The minimum atomic E-state index is -1.35. The minimum absolute atomic E-state index is 0.00132. The van der Waals surface area contributed by atoms with Gasteiger partial charge in [-0.2, -0.15) is 9.97 Å². The van der Waals surface area contributed by atoms with Gasteiger partial charge >= 0.3 is 6.01 Å². The molecule has 5 unspecified atom stereocenters. The molecule has 0 spiro atoms. The summed E-state index contributed by atoms with van der Waals surface area (Å²) in [6, 6.07) is 19.0. The number of aromatic nitrogens is 5. The van der Waals surface area contributed by atoms with E-state index in [9.17, 15) is 14.7 Å². The molecule has 2 bridgehead atoms. The van der Waals surface area contributed by atoms with Crippen molar-refractivity contribution in [3.63, 3.8) is 0 Å². The fourth-order valence-electron chi connectivity index (χ4n) is 13.0. The Morgan fingerprint density at radius 1 is 0.952 bits per heavy atom. The lowest BCUT2D eigenvalue weighted by atomic mass is 9.92. The highest BCUT2D eigenvalue weighted by atomic mass is 32.1. The van der Waals surface area contributed by atoms with Crippen LogP contribution in [0.15, 0.2) is 76.9 Å². The summed E-state index contributed by atoms with van der Waals surface area (Å²) in [6.07, 6.45) is 7.86. The zero-order valence-electron chi connectivity index (χ0n) is 48.7. The highest BCUT2D eigenvalue weighted by molar-refractivity contribution is 7.13. The summed E-state index contributed by atoms with van der Waals surface area (Å²) in [5, 5.41) is 24.1. The first-order chi connectivity index (χ1) is 40.2. The Hall–Kier alpha value is -6.87. The highest BCUT2D eigenvalue weighted by Crippen LogP contribution is 2.40. The second kappa shape index (κ2) is 25.1. The number of benzene rings is 3. The number of piperazine rings is 2. The first-order valence-corrected chi connectivity index (χ1v) is 30.8. The molecule has 0 aliphatic carbocycles. The average Bonchev–Trinajstić information content (AvgIpc) is 4.54. The number of halogens is 2. The molecule has 3 N–H and O–H groups in total. The smallest absolute Gasteiger partial charge is 0.319 e. The number of nitrogens with zero attached hydrogens (tertiary/aromatic N) is 10. The van der Waals surface area contributed by atoms with Gasteiger partial charge in [0.15, 0.2) is 11.6 Å². The number of amides is 2. The molecule has 83 heavy (non-hydrogen) atoms. The summed E-state index contributed by atoms with van der Waals surface area (Å²) >= 11 is 1.61. The summed E-state index contributed by atoms with van der Waals surface area (Å²) < 4.78 is 45.8. The van der Waals surface area contributed by atoms with Crippen molar-refractivity contribution >= 4 is 56.5 Å². The predicted octanol–water partition coefficient (Wildman–Crippen LogP) is 9.83. The molecule has 5 fully saturated rings. The van der Waals surface area contributed by atoms with Crippen molar-refractivity contribution in [2.45, 2.75) is 135 Å². The minimum Gasteiger partial charge on any atom is -0.508 e. The molecular weight excluding hydrogens is 1070 g/mol. The standard InChI is InChI=1S/C60H70F2N12O5S.C3H8/c1-5-39-8-6-9-42-26-45(75)27-47(52(39)42)54-53(61)55-48(30-63-54)57(72-32-43-15-16-44(33-72)66-43)68-59(67-55)78-25-24-70-20-17-60(62,18-21-70)34-71-22-23-73(36(2)31-71)50-28-46(79-69-50)29-51(76)74-19-7-10-49(74)58(77)65-37(3)40-11-13-41(14-12-40)56-38(4)64-35-80-56;1-3-2/h6,8-9,11-14,26-28,30,35-37,43-44,49,66,75H,5,7,10,15-25,29,31-34H2,1-4H3,(H,65,77);3H2,1-2H3. The van der Waals surface area contributed by atoms with Gasteiger partial charge in [0, 0.05) is 101 Å². The Labute approximate surface area is 488 Å². The number of phenols is 1. The lowest BCUT2D eigenvalue weighted by Gasteiger charge is -2.44. The van der Waals surface area contributed by atoms with E-state index >= 15 is 8.78 Å². The van der Waals surface area contributed by atoms with Crippen LogP contribution in [0.3, 0.4) is 0 Å². The molecule has 4 aromatic heterocycles. The van der Waals surface area contributed by atoms with E-state index in [-0.39, 0.29) is 59.9 Å². The van der Waals surface area contributed by atoms with Crippen LogP contribution >= 0.6 is 11.3 Å². The third-order valence-corrected chi connectivity index (χ3v) is 18.2. The van der Waals surface area contributed by atoms with E-state index in [0.29, 0.717) is 112 Å². The largest absolute Gasteiger partial charge is 0.508 e. The molecule has 440 valence electrons. The summed E-state index contributed by atoms with van der Waals surface area (Å²) in [6.45, 7) is 18.5. The monoisotopic (exact) mass is 1150 g/mol. The molecule has 0 saturated carbocycles. The summed E-state index contributed by atoms with van der Waals surface area (Å²) in [5.74, 6) is 0.763. The number of anilines is 2. The number of alkyl halides is 1. The number of ether oxygens (including phenoxy) is 1. The van der Waals surface area contributed by atoms with Crippen LogP contribution in [-0.4, -0.2) is 159 Å². The second-order valence-corrected chi connectivity index (χ2v) is 24.3. The van der Waals surface area contributed by atoms with Crippen molar-refractivity contribution in [2.75, 3.05) is 81.9 Å². The Balaban J connectivity index is 0.00000235. The summed E-state index contributed by atoms with van der Waals surface area (Å²) in [7, 11) is 0. The molecule has 0 radical (unpaired) electrons. The first-order valence-electron chi connectivity index (χ1n) is 29.9. The van der Waals surface area contributed by atoms with Crippen LogP contribution in [0, 0.1) is 12.7 Å². The van der Waals surface area contributed by atoms with Crippen LogP contribution in [0.25, 0.3) is 43.4 Å². The molecule has 17 nitrogen and oxygen atoms in total. The normalized spacial score (nSPS) is 21.3. The predicted molar refractivity (Wildman–Crippen MR) is 321 cm³/mol. The van der Waals surface area contributed by atoms with E-state index in [1.54, 1.807) is 34.6 Å². The quantitative estimate of drug-likeness (QED) is 0.0831. The lowest BCUT2D eigenvalue weighted by molar-refractivity contribution is -0.138. The highest BCUT2D eigenvalue weighted by Gasteiger charge is 2.40. The lowest BCUT2D eigenvalue weighted by Crippen LogP contribution is -2.56. The molecule has 12 rings (SSSR count). The van der Waals surface area contributed by atoms with Crippen LogP contribution in [0.2, 0.25) is 0 Å². The number of carbonyl (C=O) groups excluding carboxylic acids is 2. The average molecular weight is 1150 g/mol. The Kier molecular flexibility index (Phi) is 17.6. The fourth-order valence-corrected chi connectivity index (χ4v) is 13.8. The summed E-state index contributed by atoms with van der Waals surface area (Å²) in [5.41, 5.74) is 5.30. The van der Waals surface area contributed by atoms with Gasteiger partial charge in [-0.25, -0.2) is 13.8 Å². The number of fused-ring (bicyclic) bond motifs is 4. The van der Waals surface area contributed by atoms with Crippen LogP contribution in [-0.2, 0) is 22.4 Å². The third kappa shape index (κ3) is 12.7. The zero-order chi connectivity index (χ0) is 57.9. The number of carbonyl (C=O) groups is 2. The molecule has 5 aliphatic rings. The van der Waals surface area contributed by atoms with Crippen LogP contribution in [0.4, 0.5) is 20.4 Å². The molecule has 5 aliphatic heterocycles. The zero-order valence-corrected chi connectivity index (χ0v) is 49.5. The molecule has 5 saturated heterocycles. The van der Waals surface area contributed by atoms with Crippen molar-refractivity contribution in [1.29, 1.82) is 0 Å². The van der Waals surface area contributed by atoms with Gasteiger partial charge in [0.25, 0.3) is 0 Å². The maximum atomic E-state index is 17.1. The molecule has 3 aromatic carbocycles. The van der Waals surface area contributed by atoms with E-state index in [1.165, 1.54) is 6.42 Å². The van der Waals surface area contributed by atoms with E-state index in [0.717, 1.165) is 76.8 Å². The van der Waals surface area contributed by atoms with Crippen molar-refractivity contribution in [1.82, 2.24) is 50.4 Å². The van der Waals surface area contributed by atoms with Crippen molar-refractivity contribution < 1.29 is 32.7 Å². The molecule has 7 aromatic rings. The molecule has 2 amide bonds. The maximum absolute atomic E-state index is 17.1. The van der Waals surface area contributed by atoms with Crippen LogP contribution in [0.1, 0.15) is 108 Å². The number of pyridine rings is 1. The van der Waals surface area contributed by atoms with Crippen LogP contribution < -0.4 is 25.2 Å². The SMILES string of the molecule is CCC.CCc1cccc2cc(O)cc(-c3ncc4c(N5CC6CCC(C5)N6)nc(OCCN5CCC(F)(CN6CCN(c7cc(CC(=O)N8CCCC8C(=O)NC(C)c8ccc(-c9scnc9C)cc8)on7)C(C)C6)CC5)nc4c3F)c12. The van der Waals surface area contributed by atoms with Gasteiger partial charge in [-0.15, -0.1) is 11.3 Å². The number of aromatic hydroxyl groups is 1. The number of rotatable bonds is 16. The number of phenolic OH excluding ortho intramolecular Hbond substituents is 1. The molecule has 9 heterocycles. The van der Waals surface area contributed by atoms with Crippen LogP contribution in [0.5, 0.6) is 11.8 Å². The van der Waals surface area contributed by atoms with E-state index in [1.807, 2.05) is 55.8 Å². The second-order valence-electron chi connectivity index (χ2n) is 23.4. The Bertz CT molecular complexity index is 3410. The third-order valence-electron chi connectivity index (χ3n) is 17.3. The van der Waals surface area contributed by atoms with E-state index in [2.05, 4.69) is 80.2 Å². The van der Waals surface area contributed by atoms with Gasteiger partial charge < -0.3 is 39.7 Å². The Morgan fingerprint density at radius 3 is 2.45 bits per heavy atom. The molecule has 20 heteroatoms. The number of hydrogen-bond donors (Lipinski definition) is 3. The van der Waals surface area contributed by atoms with Crippen molar-refractivity contribution in [3.05, 3.63) is 101 Å². The maximum Gasteiger partial charge on any atom is 0.319 e. The van der Waals surface area contributed by atoms with Gasteiger partial charge in [-0.1, -0.05) is 74.8 Å². The molecule has 5 atom stereocenters. The van der Waals surface area contributed by atoms with Crippen molar-refractivity contribution in [2.24, 2.45) is 0 Å². The molecular formula is C63H78F2N12O5S. The topological polar surface area (TPSA) is 181 Å². The number of nitrogens with one attached hydrogen (secondary N) is 2. The van der Waals surface area contributed by atoms with Gasteiger partial charge in [-0.05, 0) is 105 Å². The fraction of sp³-hybridized carbons (Fsp3) is 0.508. The number of piperidine rings is 1. The number of hydrogen-bond acceptors (Lipinski definition) is 16. The number of thiazole rings is 1. The Morgan fingerprint density at radius 2 is 1.72 bits per heavy atom. The summed E-state index contributed by atoms with van der Waals surface area (Å²) in [4.78, 5) is 57.5. The van der Waals surface area contributed by atoms with E-state index in [4.69, 9.17) is 24.2 Å².